The minimum absolute atomic E-state index is 0.123. The van der Waals surface area contributed by atoms with Crippen molar-refractivity contribution in [3.63, 3.8) is 0 Å². The van der Waals surface area contributed by atoms with Gasteiger partial charge < -0.3 is 25.2 Å². The quantitative estimate of drug-likeness (QED) is 0.198. The zero-order valence-electron chi connectivity index (χ0n) is 22.9. The Labute approximate surface area is 237 Å². The largest absolute Gasteiger partial charge is 0.491 e. The van der Waals surface area contributed by atoms with Crippen LogP contribution in [-0.4, -0.2) is 72.1 Å². The van der Waals surface area contributed by atoms with Crippen molar-refractivity contribution in [2.75, 3.05) is 57.0 Å². The number of hydrogen-bond acceptors (Lipinski definition) is 7. The third-order valence-electron chi connectivity index (χ3n) is 7.05. The Balaban J connectivity index is 1.39. The van der Waals surface area contributed by atoms with E-state index in [1.54, 1.807) is 30.3 Å². The van der Waals surface area contributed by atoms with Gasteiger partial charge in [0.15, 0.2) is 0 Å². The molecule has 1 fully saturated rings. The average molecular weight is 559 g/mol. The van der Waals surface area contributed by atoms with Crippen LogP contribution in [0.1, 0.15) is 6.42 Å². The van der Waals surface area contributed by atoms with Crippen LogP contribution in [0.15, 0.2) is 73.6 Å². The fourth-order valence-electron chi connectivity index (χ4n) is 4.75. The van der Waals surface area contributed by atoms with Crippen LogP contribution in [0, 0.1) is 11.6 Å². The number of halogens is 2. The van der Waals surface area contributed by atoms with Gasteiger partial charge in [-0.1, -0.05) is 24.8 Å². The van der Waals surface area contributed by atoms with E-state index in [0.717, 1.165) is 39.1 Å². The van der Waals surface area contributed by atoms with E-state index < -0.39 is 11.6 Å². The van der Waals surface area contributed by atoms with Gasteiger partial charge in [-0.3, -0.25) is 4.79 Å². The van der Waals surface area contributed by atoms with Gasteiger partial charge in [-0.15, -0.1) is 0 Å². The van der Waals surface area contributed by atoms with E-state index in [-0.39, 0.29) is 17.0 Å². The molecule has 0 atom stereocenters. The summed E-state index contributed by atoms with van der Waals surface area (Å²) < 4.78 is 35.1. The summed E-state index contributed by atoms with van der Waals surface area (Å²) in [5.74, 6) is -0.533. The second kappa shape index (κ2) is 12.8. The van der Waals surface area contributed by atoms with Crippen molar-refractivity contribution in [3.05, 3.63) is 85.2 Å². The molecule has 1 aliphatic rings. The summed E-state index contributed by atoms with van der Waals surface area (Å²) in [5, 5.41) is 6.60. The minimum Gasteiger partial charge on any atom is -0.491 e. The van der Waals surface area contributed by atoms with Crippen molar-refractivity contribution in [3.8, 4) is 16.9 Å². The van der Waals surface area contributed by atoms with Gasteiger partial charge in [-0.25, -0.2) is 18.7 Å². The summed E-state index contributed by atoms with van der Waals surface area (Å²) in [4.78, 5) is 25.7. The van der Waals surface area contributed by atoms with Gasteiger partial charge in [0.25, 0.3) is 0 Å². The van der Waals surface area contributed by atoms with Crippen molar-refractivity contribution < 1.29 is 18.3 Å². The summed E-state index contributed by atoms with van der Waals surface area (Å²) in [6.45, 7) is 9.13. The molecule has 10 heteroatoms. The van der Waals surface area contributed by atoms with E-state index in [9.17, 15) is 13.6 Å². The number of fused-ring (bicyclic) bond motifs is 1. The van der Waals surface area contributed by atoms with Crippen molar-refractivity contribution >= 4 is 34.0 Å². The SMILES string of the molecule is C=CC(=O)Nc1cc2c(Nc3ccc(F)c(-c4ccccc4F)c3)ncnc2cc1OCCCN1CCN(C)CC1. The molecular weight excluding hydrogens is 526 g/mol. The summed E-state index contributed by atoms with van der Waals surface area (Å²) in [6, 6.07) is 13.9. The zero-order chi connectivity index (χ0) is 28.8. The van der Waals surface area contributed by atoms with Crippen LogP contribution >= 0.6 is 0 Å². The van der Waals surface area contributed by atoms with Gasteiger partial charge in [0.1, 0.15) is 29.5 Å². The van der Waals surface area contributed by atoms with Gasteiger partial charge in [0.05, 0.1) is 17.8 Å². The number of nitrogens with zero attached hydrogens (tertiary/aromatic N) is 4. The molecule has 0 unspecified atom stereocenters. The molecule has 3 aromatic carbocycles. The van der Waals surface area contributed by atoms with E-state index in [4.69, 9.17) is 4.74 Å². The monoisotopic (exact) mass is 558 g/mol. The topological polar surface area (TPSA) is 82.6 Å². The van der Waals surface area contributed by atoms with E-state index in [0.29, 0.717) is 40.5 Å². The summed E-state index contributed by atoms with van der Waals surface area (Å²) in [6.07, 6.45) is 3.43. The average Bonchev–Trinajstić information content (AvgIpc) is 2.98. The third kappa shape index (κ3) is 6.85. The zero-order valence-corrected chi connectivity index (χ0v) is 22.9. The standard InChI is InChI=1S/C31H32F2N6O2/c1-3-30(40)37-28-18-24-27(19-29(28)41-16-6-11-39-14-12-38(2)13-15-39)34-20-35-31(24)36-21-9-10-26(33)23(17-21)22-7-4-5-8-25(22)32/h3-5,7-10,17-20H,1,6,11-16H2,2H3,(H,37,40)(H,34,35,36). The predicted molar refractivity (Wildman–Crippen MR) is 157 cm³/mol. The third-order valence-corrected chi connectivity index (χ3v) is 7.05. The second-order valence-corrected chi connectivity index (χ2v) is 9.93. The molecule has 0 saturated carbocycles. The fraction of sp³-hybridized carbons (Fsp3) is 0.258. The Bertz CT molecular complexity index is 1560. The second-order valence-electron chi connectivity index (χ2n) is 9.93. The number of anilines is 3. The molecule has 2 N–H and O–H groups in total. The molecule has 0 aliphatic carbocycles. The Morgan fingerprint density at radius 2 is 1.80 bits per heavy atom. The van der Waals surface area contributed by atoms with E-state index in [2.05, 4.69) is 44.0 Å². The highest BCUT2D eigenvalue weighted by Crippen LogP contribution is 2.35. The number of nitrogens with one attached hydrogen (secondary N) is 2. The molecule has 0 spiro atoms. The number of benzene rings is 3. The van der Waals surface area contributed by atoms with Crippen LogP contribution in [-0.2, 0) is 4.79 Å². The molecule has 8 nitrogen and oxygen atoms in total. The normalized spacial score (nSPS) is 14.1. The first-order valence-corrected chi connectivity index (χ1v) is 13.5. The lowest BCUT2D eigenvalue weighted by Gasteiger charge is -2.32. The molecule has 4 aromatic rings. The molecule has 5 rings (SSSR count). The Morgan fingerprint density at radius 1 is 1.02 bits per heavy atom. The first-order valence-electron chi connectivity index (χ1n) is 13.5. The highest BCUT2D eigenvalue weighted by molar-refractivity contribution is 6.03. The number of ether oxygens (including phenoxy) is 1. The van der Waals surface area contributed by atoms with Crippen molar-refractivity contribution in [1.82, 2.24) is 19.8 Å². The van der Waals surface area contributed by atoms with Gasteiger partial charge in [-0.2, -0.15) is 0 Å². The number of aromatic nitrogens is 2. The number of carbonyl (C=O) groups is 1. The van der Waals surface area contributed by atoms with Gasteiger partial charge in [0.2, 0.25) is 5.91 Å². The summed E-state index contributed by atoms with van der Waals surface area (Å²) >= 11 is 0. The number of rotatable bonds is 10. The molecule has 1 amide bonds. The number of likely N-dealkylation sites (N-methyl/N-ethyl adjacent to an activating group) is 1. The highest BCUT2D eigenvalue weighted by Gasteiger charge is 2.16. The van der Waals surface area contributed by atoms with Crippen LogP contribution in [0.25, 0.3) is 22.0 Å². The lowest BCUT2D eigenvalue weighted by atomic mass is 10.0. The van der Waals surface area contributed by atoms with Gasteiger partial charge in [0, 0.05) is 61.0 Å². The molecular formula is C31H32F2N6O2. The first kappa shape index (κ1) is 28.1. The fourth-order valence-corrected chi connectivity index (χ4v) is 4.75. The van der Waals surface area contributed by atoms with Crippen molar-refractivity contribution in [1.29, 1.82) is 0 Å². The first-order chi connectivity index (χ1) is 19.9. The maximum atomic E-state index is 14.6. The van der Waals surface area contributed by atoms with Gasteiger partial charge in [-0.05, 0) is 49.9 Å². The maximum Gasteiger partial charge on any atom is 0.247 e. The van der Waals surface area contributed by atoms with E-state index >= 15 is 0 Å². The number of piperazine rings is 1. The molecule has 41 heavy (non-hydrogen) atoms. The molecule has 1 aliphatic heterocycles. The Morgan fingerprint density at radius 3 is 2.59 bits per heavy atom. The van der Waals surface area contributed by atoms with Crippen LogP contribution in [0.2, 0.25) is 0 Å². The smallest absolute Gasteiger partial charge is 0.247 e. The molecule has 0 bridgehead atoms. The van der Waals surface area contributed by atoms with E-state index in [1.165, 1.54) is 36.7 Å². The maximum absolute atomic E-state index is 14.6. The van der Waals surface area contributed by atoms with Crippen molar-refractivity contribution in [2.24, 2.45) is 0 Å². The molecule has 1 aromatic heterocycles. The number of hydrogen-bond donors (Lipinski definition) is 2. The highest BCUT2D eigenvalue weighted by atomic mass is 19.1. The van der Waals surface area contributed by atoms with Crippen molar-refractivity contribution in [2.45, 2.75) is 6.42 Å². The molecule has 0 radical (unpaired) electrons. The molecule has 1 saturated heterocycles. The Kier molecular flexibility index (Phi) is 8.81. The summed E-state index contributed by atoms with van der Waals surface area (Å²) in [5.41, 5.74) is 1.82. The minimum atomic E-state index is -0.544. The summed E-state index contributed by atoms with van der Waals surface area (Å²) in [7, 11) is 2.13. The predicted octanol–water partition coefficient (Wildman–Crippen LogP) is 5.46. The molecule has 212 valence electrons. The Hall–Kier alpha value is -4.41. The van der Waals surface area contributed by atoms with Crippen LogP contribution < -0.4 is 15.4 Å². The van der Waals surface area contributed by atoms with Crippen LogP contribution in [0.4, 0.5) is 26.0 Å². The van der Waals surface area contributed by atoms with E-state index in [1.807, 2.05) is 0 Å². The lowest BCUT2D eigenvalue weighted by molar-refractivity contribution is -0.111. The number of amides is 1. The van der Waals surface area contributed by atoms with Gasteiger partial charge >= 0.3 is 0 Å². The van der Waals surface area contributed by atoms with Crippen LogP contribution in [0.5, 0.6) is 5.75 Å². The van der Waals surface area contributed by atoms with Crippen LogP contribution in [0.3, 0.4) is 0 Å². The lowest BCUT2D eigenvalue weighted by Crippen LogP contribution is -2.44. The number of carbonyl (C=O) groups excluding carboxylic acids is 1. The molecule has 2 heterocycles.